The van der Waals surface area contributed by atoms with E-state index in [0.717, 1.165) is 11.3 Å². The normalized spacial score (nSPS) is 10.8. The van der Waals surface area contributed by atoms with Gasteiger partial charge in [0.05, 0.1) is 11.4 Å². The molecule has 0 aliphatic rings. The lowest BCUT2D eigenvalue weighted by molar-refractivity contribution is 0.631. The first-order chi connectivity index (χ1) is 12.0. The van der Waals surface area contributed by atoms with Crippen molar-refractivity contribution in [2.45, 2.75) is 19.9 Å². The third-order valence-electron chi connectivity index (χ3n) is 3.31. The minimum absolute atomic E-state index is 0.171. The molecule has 0 fully saturated rings. The zero-order valence-corrected chi connectivity index (χ0v) is 15.4. The van der Waals surface area contributed by atoms with Crippen LogP contribution in [0.1, 0.15) is 13.8 Å². The van der Waals surface area contributed by atoms with E-state index in [1.165, 1.54) is 6.07 Å². The van der Waals surface area contributed by atoms with Crippen LogP contribution in [0.3, 0.4) is 0 Å². The summed E-state index contributed by atoms with van der Waals surface area (Å²) in [6.45, 7) is 4.01. The number of nitrogens with zero attached hydrogens (tertiary/aromatic N) is 3. The average Bonchev–Trinajstić information content (AvgIpc) is 2.57. The van der Waals surface area contributed by atoms with Crippen LogP contribution >= 0.6 is 15.9 Å². The van der Waals surface area contributed by atoms with Gasteiger partial charge in [0.2, 0.25) is 5.95 Å². The quantitative estimate of drug-likeness (QED) is 0.629. The van der Waals surface area contributed by atoms with Crippen molar-refractivity contribution >= 4 is 33.4 Å². The summed E-state index contributed by atoms with van der Waals surface area (Å²) in [4.78, 5) is 13.0. The molecular weight excluding hydrogens is 385 g/mol. The molecule has 3 aromatic rings. The number of aromatic nitrogens is 3. The number of rotatable bonds is 5. The second-order valence-electron chi connectivity index (χ2n) is 5.75. The van der Waals surface area contributed by atoms with E-state index in [0.29, 0.717) is 21.9 Å². The monoisotopic (exact) mass is 401 g/mol. The first-order valence-electron chi connectivity index (χ1n) is 7.79. The van der Waals surface area contributed by atoms with Crippen LogP contribution in [0.5, 0.6) is 0 Å². The molecule has 7 heteroatoms. The van der Waals surface area contributed by atoms with Crippen molar-refractivity contribution in [1.82, 2.24) is 15.0 Å². The average molecular weight is 402 g/mol. The molecule has 0 saturated carbocycles. The van der Waals surface area contributed by atoms with E-state index in [1.54, 1.807) is 30.6 Å². The van der Waals surface area contributed by atoms with Crippen molar-refractivity contribution in [3.8, 4) is 11.3 Å². The Morgan fingerprint density at radius 3 is 2.48 bits per heavy atom. The van der Waals surface area contributed by atoms with E-state index >= 15 is 0 Å². The lowest BCUT2D eigenvalue weighted by Gasteiger charge is -2.13. The Balaban J connectivity index is 2.00. The van der Waals surface area contributed by atoms with E-state index in [9.17, 15) is 4.39 Å². The predicted molar refractivity (Wildman–Crippen MR) is 101 cm³/mol. The Hall–Kier alpha value is -2.54. The molecule has 0 aliphatic heterocycles. The van der Waals surface area contributed by atoms with Crippen molar-refractivity contribution in [1.29, 1.82) is 0 Å². The molecule has 0 bridgehead atoms. The molecule has 2 N–H and O–H groups in total. The fraction of sp³-hybridized carbons (Fsp3) is 0.167. The van der Waals surface area contributed by atoms with Crippen LogP contribution in [-0.4, -0.2) is 21.0 Å². The largest absolute Gasteiger partial charge is 0.352 e. The molecule has 0 atom stereocenters. The van der Waals surface area contributed by atoms with Gasteiger partial charge in [-0.25, -0.2) is 9.37 Å². The van der Waals surface area contributed by atoms with Crippen molar-refractivity contribution in [2.75, 3.05) is 10.6 Å². The maximum Gasteiger partial charge on any atom is 0.225 e. The highest BCUT2D eigenvalue weighted by Gasteiger charge is 2.10. The van der Waals surface area contributed by atoms with Gasteiger partial charge < -0.3 is 10.6 Å². The third kappa shape index (κ3) is 4.51. The molecule has 0 unspecified atom stereocenters. The van der Waals surface area contributed by atoms with E-state index in [4.69, 9.17) is 0 Å². The van der Waals surface area contributed by atoms with Gasteiger partial charge in [0.1, 0.15) is 11.6 Å². The number of hydrogen-bond acceptors (Lipinski definition) is 5. The van der Waals surface area contributed by atoms with Crippen LogP contribution in [0.15, 0.2) is 53.3 Å². The summed E-state index contributed by atoms with van der Waals surface area (Å²) in [6.07, 6.45) is 3.41. The van der Waals surface area contributed by atoms with Gasteiger partial charge in [0.25, 0.3) is 0 Å². The van der Waals surface area contributed by atoms with Gasteiger partial charge in [0.15, 0.2) is 0 Å². The van der Waals surface area contributed by atoms with Gasteiger partial charge in [-0.05, 0) is 44.2 Å². The number of nitrogens with one attached hydrogen (secondary N) is 2. The molecule has 25 heavy (non-hydrogen) atoms. The molecule has 0 radical (unpaired) electrons. The van der Waals surface area contributed by atoms with Crippen molar-refractivity contribution in [3.63, 3.8) is 0 Å². The molecule has 0 aliphatic carbocycles. The van der Waals surface area contributed by atoms with Gasteiger partial charge in [0, 0.05) is 34.5 Å². The molecule has 0 spiro atoms. The fourth-order valence-electron chi connectivity index (χ4n) is 2.23. The summed E-state index contributed by atoms with van der Waals surface area (Å²) < 4.78 is 14.8. The van der Waals surface area contributed by atoms with Gasteiger partial charge >= 0.3 is 0 Å². The van der Waals surface area contributed by atoms with Crippen molar-refractivity contribution in [2.24, 2.45) is 0 Å². The number of pyridine rings is 1. The van der Waals surface area contributed by atoms with Gasteiger partial charge in [-0.3, -0.25) is 4.98 Å². The van der Waals surface area contributed by atoms with E-state index in [1.807, 2.05) is 26.0 Å². The maximum atomic E-state index is 14.1. The molecule has 5 nitrogen and oxygen atoms in total. The SMILES string of the molecule is CC(C)Nc1nc(Nc2ccc(Br)cc2F)cc(-c2ccncc2)n1. The smallest absolute Gasteiger partial charge is 0.225 e. The Labute approximate surface area is 153 Å². The van der Waals surface area contributed by atoms with E-state index in [2.05, 4.69) is 41.5 Å². The Morgan fingerprint density at radius 1 is 1.04 bits per heavy atom. The van der Waals surface area contributed by atoms with Gasteiger partial charge in [-0.1, -0.05) is 15.9 Å². The Bertz CT molecular complexity index is 871. The summed E-state index contributed by atoms with van der Waals surface area (Å²) >= 11 is 3.25. The lowest BCUT2D eigenvalue weighted by atomic mass is 10.2. The summed E-state index contributed by atoms with van der Waals surface area (Å²) in [7, 11) is 0. The third-order valence-corrected chi connectivity index (χ3v) is 3.81. The summed E-state index contributed by atoms with van der Waals surface area (Å²) in [5.41, 5.74) is 1.97. The van der Waals surface area contributed by atoms with E-state index in [-0.39, 0.29) is 11.9 Å². The standard InChI is InChI=1S/C18H17BrFN5/c1-11(2)22-18-24-16(12-5-7-21-8-6-12)10-17(25-18)23-15-4-3-13(19)9-14(15)20/h3-11H,1-2H3,(H2,22,23,24,25). The highest BCUT2D eigenvalue weighted by atomic mass is 79.9. The predicted octanol–water partition coefficient (Wildman–Crippen LogP) is 5.00. The molecule has 0 saturated heterocycles. The minimum atomic E-state index is -0.364. The van der Waals surface area contributed by atoms with Crippen LogP contribution in [0.2, 0.25) is 0 Å². The zero-order valence-electron chi connectivity index (χ0n) is 13.8. The van der Waals surface area contributed by atoms with Crippen LogP contribution in [0.4, 0.5) is 21.8 Å². The lowest BCUT2D eigenvalue weighted by Crippen LogP contribution is -2.13. The van der Waals surface area contributed by atoms with Crippen LogP contribution in [-0.2, 0) is 0 Å². The van der Waals surface area contributed by atoms with Crippen molar-refractivity contribution in [3.05, 3.63) is 59.1 Å². The Kier molecular flexibility index (Phi) is 5.23. The van der Waals surface area contributed by atoms with Gasteiger partial charge in [-0.2, -0.15) is 4.98 Å². The molecule has 2 aromatic heterocycles. The molecule has 128 valence electrons. The molecule has 1 aromatic carbocycles. The topological polar surface area (TPSA) is 62.7 Å². The van der Waals surface area contributed by atoms with Crippen LogP contribution in [0.25, 0.3) is 11.3 Å². The fourth-order valence-corrected chi connectivity index (χ4v) is 2.57. The molecule has 3 rings (SSSR count). The second kappa shape index (κ2) is 7.57. The van der Waals surface area contributed by atoms with Crippen LogP contribution in [0, 0.1) is 5.82 Å². The Morgan fingerprint density at radius 2 is 1.80 bits per heavy atom. The molecular formula is C18H17BrFN5. The minimum Gasteiger partial charge on any atom is -0.352 e. The first kappa shape index (κ1) is 17.3. The molecule has 2 heterocycles. The summed E-state index contributed by atoms with van der Waals surface area (Å²) in [5, 5.41) is 6.21. The summed E-state index contributed by atoms with van der Waals surface area (Å²) in [6, 6.07) is 10.5. The molecule has 0 amide bonds. The highest BCUT2D eigenvalue weighted by molar-refractivity contribution is 9.10. The van der Waals surface area contributed by atoms with Gasteiger partial charge in [-0.15, -0.1) is 0 Å². The number of halogens is 2. The number of anilines is 3. The highest BCUT2D eigenvalue weighted by Crippen LogP contribution is 2.26. The first-order valence-corrected chi connectivity index (χ1v) is 8.58. The maximum absolute atomic E-state index is 14.1. The van der Waals surface area contributed by atoms with Crippen LogP contribution < -0.4 is 10.6 Å². The zero-order chi connectivity index (χ0) is 17.8. The number of hydrogen-bond donors (Lipinski definition) is 2. The number of benzene rings is 1. The summed E-state index contributed by atoms with van der Waals surface area (Å²) in [5.74, 6) is 0.618. The van der Waals surface area contributed by atoms with E-state index < -0.39 is 0 Å². The second-order valence-corrected chi connectivity index (χ2v) is 6.66. The van der Waals surface area contributed by atoms with Crippen molar-refractivity contribution < 1.29 is 4.39 Å².